The molecular formula is C44H47ClF3N5O5. The summed E-state index contributed by atoms with van der Waals surface area (Å²) in [4.78, 5) is 39.2. The van der Waals surface area contributed by atoms with Gasteiger partial charge in [0.25, 0.3) is 0 Å². The van der Waals surface area contributed by atoms with Gasteiger partial charge in [-0.05, 0) is 92.5 Å². The summed E-state index contributed by atoms with van der Waals surface area (Å²) in [5, 5.41) is 13.9. The molecule has 2 atom stereocenters. The predicted octanol–water partition coefficient (Wildman–Crippen LogP) is 8.46. The fourth-order valence-corrected chi connectivity index (χ4v) is 10.1. The van der Waals surface area contributed by atoms with Crippen molar-refractivity contribution >= 4 is 23.4 Å². The summed E-state index contributed by atoms with van der Waals surface area (Å²) in [5.41, 5.74) is 3.90. The highest BCUT2D eigenvalue weighted by molar-refractivity contribution is 6.36. The van der Waals surface area contributed by atoms with E-state index >= 15 is 0 Å². The van der Waals surface area contributed by atoms with Crippen LogP contribution >= 0.6 is 11.6 Å². The van der Waals surface area contributed by atoms with E-state index in [1.807, 2.05) is 53.4 Å². The van der Waals surface area contributed by atoms with Crippen molar-refractivity contribution in [3.8, 4) is 34.1 Å². The van der Waals surface area contributed by atoms with Crippen LogP contribution in [0.3, 0.4) is 0 Å². The lowest BCUT2D eigenvalue weighted by Gasteiger charge is -2.50. The molecule has 2 saturated heterocycles. The van der Waals surface area contributed by atoms with Crippen molar-refractivity contribution in [2.24, 2.45) is 11.3 Å². The third-order valence-corrected chi connectivity index (χ3v) is 13.2. The van der Waals surface area contributed by atoms with Crippen molar-refractivity contribution in [3.63, 3.8) is 0 Å². The summed E-state index contributed by atoms with van der Waals surface area (Å²) in [6.45, 7) is 1.59. The first kappa shape index (κ1) is 40.2. The summed E-state index contributed by atoms with van der Waals surface area (Å²) in [6.07, 6.45) is 1.18. The van der Waals surface area contributed by atoms with E-state index in [1.165, 1.54) is 7.11 Å². The standard InChI is InChI=1S/C44H47ClF3N5O5/c1-57-40-27(22-49-21-25-9-12-29(54)19-25)11-14-35(51-40)34-8-4-7-33(38(34)45)31-6-3-5-30-26(10-13-32(30)31)20-36-39(44(46,47)48)50-37(41(52-36)58-2)23-53-24-43(42(55)56)17-15-28(53)16-18-43/h3-8,11,14,25-26,28,49H,9-10,12-13,15-24H2,1-2H3,(H,55,56)/t25-,26+,28?,43?/m0/s1. The lowest BCUT2D eigenvalue weighted by atomic mass is 9.67. The molecule has 0 amide bonds. The number of pyridine rings is 1. The molecule has 58 heavy (non-hydrogen) atoms. The molecule has 5 aliphatic rings. The highest BCUT2D eigenvalue weighted by atomic mass is 35.5. The van der Waals surface area contributed by atoms with Crippen LogP contribution in [0.25, 0.3) is 22.4 Å². The number of carbonyl (C=O) groups excluding carboxylic acids is 1. The van der Waals surface area contributed by atoms with Gasteiger partial charge in [-0.15, -0.1) is 0 Å². The first-order valence-corrected chi connectivity index (χ1v) is 20.4. The maximum Gasteiger partial charge on any atom is 0.435 e. The van der Waals surface area contributed by atoms with Crippen molar-refractivity contribution < 1.29 is 37.3 Å². The molecule has 2 bridgehead atoms. The van der Waals surface area contributed by atoms with Gasteiger partial charge in [0.1, 0.15) is 11.5 Å². The molecule has 306 valence electrons. The molecule has 0 radical (unpaired) electrons. The Bertz CT molecular complexity index is 2230. The topological polar surface area (TPSA) is 127 Å². The molecule has 2 saturated carbocycles. The maximum absolute atomic E-state index is 14.8. The molecule has 2 aliphatic heterocycles. The van der Waals surface area contributed by atoms with E-state index in [-0.39, 0.29) is 48.7 Å². The first-order chi connectivity index (χ1) is 27.9. The lowest BCUT2D eigenvalue weighted by Crippen LogP contribution is -2.56. The summed E-state index contributed by atoms with van der Waals surface area (Å²) in [5.74, 6) is 0.0664. The van der Waals surface area contributed by atoms with E-state index in [2.05, 4.69) is 15.3 Å². The van der Waals surface area contributed by atoms with E-state index in [4.69, 9.17) is 26.1 Å². The van der Waals surface area contributed by atoms with Gasteiger partial charge in [-0.3, -0.25) is 14.5 Å². The summed E-state index contributed by atoms with van der Waals surface area (Å²) in [7, 11) is 2.96. The zero-order chi connectivity index (χ0) is 40.8. The number of hydrogen-bond acceptors (Lipinski definition) is 9. The number of rotatable bonds is 13. The number of aromatic nitrogens is 3. The Balaban J connectivity index is 1.03. The van der Waals surface area contributed by atoms with Crippen LogP contribution in [0.15, 0.2) is 48.5 Å². The van der Waals surface area contributed by atoms with Gasteiger partial charge in [0, 0.05) is 55.2 Å². The molecular weight excluding hydrogens is 771 g/mol. The Kier molecular flexibility index (Phi) is 11.2. The number of carboxylic acids is 1. The number of halogens is 4. The lowest BCUT2D eigenvalue weighted by molar-refractivity contribution is -0.160. The molecule has 10 nitrogen and oxygen atoms in total. The smallest absolute Gasteiger partial charge is 0.435 e. The average Bonchev–Trinajstić information content (AvgIpc) is 3.83. The van der Waals surface area contributed by atoms with E-state index in [1.54, 1.807) is 7.11 Å². The monoisotopic (exact) mass is 817 g/mol. The minimum absolute atomic E-state index is 0.0148. The number of carboxylic acid groups (broad SMARTS) is 1. The minimum Gasteiger partial charge on any atom is -0.481 e. The number of carbonyl (C=O) groups is 2. The van der Waals surface area contributed by atoms with Gasteiger partial charge in [0.2, 0.25) is 11.8 Å². The fourth-order valence-electron chi connectivity index (χ4n) is 9.76. The largest absolute Gasteiger partial charge is 0.481 e. The van der Waals surface area contributed by atoms with Crippen LogP contribution in [0.2, 0.25) is 5.02 Å². The van der Waals surface area contributed by atoms with Crippen LogP contribution in [-0.2, 0) is 41.7 Å². The molecule has 2 aromatic heterocycles. The van der Waals surface area contributed by atoms with Gasteiger partial charge in [-0.25, -0.2) is 15.0 Å². The van der Waals surface area contributed by atoms with Gasteiger partial charge in [0.05, 0.1) is 36.0 Å². The number of piperidine rings is 2. The fraction of sp³-hybridized carbons (Fsp3) is 0.477. The number of fused-ring (bicyclic) bond motifs is 4. The summed E-state index contributed by atoms with van der Waals surface area (Å²) < 4.78 is 55.5. The zero-order valence-corrected chi connectivity index (χ0v) is 33.4. The number of Topliss-reactive ketones (excluding diaryl/α,β-unsaturated/α-hetero) is 1. The van der Waals surface area contributed by atoms with Gasteiger partial charge in [0.15, 0.2) is 5.69 Å². The van der Waals surface area contributed by atoms with E-state index in [9.17, 15) is 27.9 Å². The van der Waals surface area contributed by atoms with Crippen LogP contribution in [0, 0.1) is 11.3 Å². The second kappa shape index (κ2) is 16.2. The average molecular weight is 818 g/mol. The van der Waals surface area contributed by atoms with Crippen molar-refractivity contribution in [2.45, 2.75) is 95.4 Å². The third-order valence-electron chi connectivity index (χ3n) is 12.8. The number of benzene rings is 2. The van der Waals surface area contributed by atoms with Crippen molar-refractivity contribution in [3.05, 3.63) is 87.3 Å². The first-order valence-electron chi connectivity index (χ1n) is 20.0. The highest BCUT2D eigenvalue weighted by Gasteiger charge is 2.50. The summed E-state index contributed by atoms with van der Waals surface area (Å²) >= 11 is 7.17. The number of alkyl halides is 3. The molecule has 3 aliphatic carbocycles. The molecule has 9 rings (SSSR count). The molecule has 4 fully saturated rings. The third kappa shape index (κ3) is 7.80. The van der Waals surface area contributed by atoms with Gasteiger partial charge in [-0.1, -0.05) is 54.1 Å². The SMILES string of the molecule is COc1nc(-c2cccc(-c3cccc4c3CC[C@@H]4Cc3nc(OC)c(CN4CC5(C(=O)O)CCC4CC5)nc3C(F)(F)F)c2Cl)ccc1CNC[C@H]1CCC(=O)C1. The second-order valence-electron chi connectivity index (χ2n) is 16.3. The number of nitrogens with one attached hydrogen (secondary N) is 1. The Morgan fingerprint density at radius 2 is 1.67 bits per heavy atom. The second-order valence-corrected chi connectivity index (χ2v) is 16.7. The number of methoxy groups -OCH3 is 2. The Hall–Kier alpha value is -4.59. The van der Waals surface area contributed by atoms with Crippen LogP contribution in [0.1, 0.15) is 91.1 Å². The highest BCUT2D eigenvalue weighted by Crippen LogP contribution is 2.47. The minimum atomic E-state index is -4.76. The maximum atomic E-state index is 14.8. The Labute approximate surface area is 340 Å². The number of ketones is 1. The van der Waals surface area contributed by atoms with Crippen LogP contribution in [0.5, 0.6) is 11.8 Å². The van der Waals surface area contributed by atoms with Crippen LogP contribution in [-0.4, -0.2) is 70.1 Å². The van der Waals surface area contributed by atoms with Crippen molar-refractivity contribution in [1.82, 2.24) is 25.2 Å². The normalized spacial score (nSPS) is 23.0. The van der Waals surface area contributed by atoms with Crippen molar-refractivity contribution in [2.75, 3.05) is 27.3 Å². The molecule has 2 aromatic carbocycles. The molecule has 0 unspecified atom stereocenters. The molecule has 4 heterocycles. The predicted molar refractivity (Wildman–Crippen MR) is 212 cm³/mol. The number of ether oxygens (including phenoxy) is 2. The molecule has 0 spiro atoms. The van der Waals surface area contributed by atoms with Crippen LogP contribution < -0.4 is 14.8 Å². The van der Waals surface area contributed by atoms with Gasteiger partial charge >= 0.3 is 12.1 Å². The quantitative estimate of drug-likeness (QED) is 0.136. The number of aliphatic carboxylic acids is 1. The van der Waals surface area contributed by atoms with Crippen molar-refractivity contribution in [1.29, 1.82) is 0 Å². The van der Waals surface area contributed by atoms with E-state index in [0.29, 0.717) is 86.2 Å². The van der Waals surface area contributed by atoms with E-state index in [0.717, 1.165) is 46.3 Å². The Morgan fingerprint density at radius 1 is 0.931 bits per heavy atom. The van der Waals surface area contributed by atoms with E-state index < -0.39 is 23.3 Å². The molecule has 4 aromatic rings. The zero-order valence-electron chi connectivity index (χ0n) is 32.6. The Morgan fingerprint density at radius 3 is 2.38 bits per heavy atom. The van der Waals surface area contributed by atoms with Gasteiger partial charge in [-0.2, -0.15) is 13.2 Å². The molecule has 2 N–H and O–H groups in total. The number of hydrogen-bond donors (Lipinski definition) is 2. The molecule has 14 heteroatoms. The number of nitrogens with zero attached hydrogens (tertiary/aromatic N) is 4. The van der Waals surface area contributed by atoms with Crippen LogP contribution in [0.4, 0.5) is 13.2 Å². The van der Waals surface area contributed by atoms with Gasteiger partial charge < -0.3 is 19.9 Å². The summed E-state index contributed by atoms with van der Waals surface area (Å²) in [6, 6.07) is 15.6.